The molecule has 0 bridgehead atoms. The van der Waals surface area contributed by atoms with Crippen LogP contribution in [-0.2, 0) is 0 Å². The molecule has 37 heavy (non-hydrogen) atoms. The van der Waals surface area contributed by atoms with Crippen LogP contribution >= 0.6 is 11.8 Å². The van der Waals surface area contributed by atoms with Crippen molar-refractivity contribution in [1.29, 1.82) is 0 Å². The maximum atomic E-state index is 6.59. The molecule has 4 nitrogen and oxygen atoms in total. The van der Waals surface area contributed by atoms with Gasteiger partial charge < -0.3 is 15.4 Å². The monoisotopic (exact) mass is 527 g/mol. The smallest absolute Gasteiger partial charge is 0.122 e. The molecule has 1 fully saturated rings. The summed E-state index contributed by atoms with van der Waals surface area (Å²) < 4.78 is 6.59. The van der Waals surface area contributed by atoms with Gasteiger partial charge in [0.05, 0.1) is 17.5 Å². The van der Waals surface area contributed by atoms with Crippen LogP contribution < -0.4 is 15.4 Å². The van der Waals surface area contributed by atoms with E-state index in [4.69, 9.17) is 9.73 Å². The molecule has 0 saturated heterocycles. The summed E-state index contributed by atoms with van der Waals surface area (Å²) in [4.78, 5) is 4.94. The Kier molecular flexibility index (Phi) is 14.3. The normalized spacial score (nSPS) is 19.1. The zero-order chi connectivity index (χ0) is 27.2. The Morgan fingerprint density at radius 2 is 1.86 bits per heavy atom. The second-order valence-corrected chi connectivity index (χ2v) is 12.0. The van der Waals surface area contributed by atoms with Crippen molar-refractivity contribution in [1.82, 2.24) is 5.32 Å². The van der Waals surface area contributed by atoms with Crippen molar-refractivity contribution in [2.75, 3.05) is 23.4 Å². The van der Waals surface area contributed by atoms with E-state index in [9.17, 15) is 0 Å². The molecule has 0 amide bonds. The van der Waals surface area contributed by atoms with Crippen LogP contribution in [0.4, 0.5) is 11.4 Å². The van der Waals surface area contributed by atoms with Gasteiger partial charge in [-0.25, -0.2) is 0 Å². The predicted molar refractivity (Wildman–Crippen MR) is 167 cm³/mol. The van der Waals surface area contributed by atoms with E-state index in [0.29, 0.717) is 12.0 Å². The van der Waals surface area contributed by atoms with Crippen molar-refractivity contribution in [2.45, 2.75) is 106 Å². The van der Waals surface area contributed by atoms with Gasteiger partial charge in [0.2, 0.25) is 0 Å². The molecule has 2 rings (SSSR count). The highest BCUT2D eigenvalue weighted by atomic mass is 32.2. The van der Waals surface area contributed by atoms with Crippen LogP contribution in [0.3, 0.4) is 0 Å². The first kappa shape index (κ1) is 31.3. The Balaban J connectivity index is 2.22. The molecule has 1 aromatic carbocycles. The first-order valence-corrected chi connectivity index (χ1v) is 15.7. The number of nitrogens with zero attached hydrogens (tertiary/aromatic N) is 1. The second kappa shape index (κ2) is 16.9. The zero-order valence-electron chi connectivity index (χ0n) is 24.9. The molecule has 5 heteroatoms. The summed E-state index contributed by atoms with van der Waals surface area (Å²) >= 11 is 2.14. The molecule has 0 aliphatic heterocycles. The fourth-order valence-electron chi connectivity index (χ4n) is 4.49. The topological polar surface area (TPSA) is 45.6 Å². The number of anilines is 1. The average molecular weight is 528 g/mol. The molecule has 0 radical (unpaired) electrons. The highest BCUT2D eigenvalue weighted by Gasteiger charge is 2.23. The number of ether oxygens (including phenoxy) is 1. The minimum absolute atomic E-state index is 0.303. The Morgan fingerprint density at radius 3 is 2.49 bits per heavy atom. The number of hydrogen-bond donors (Lipinski definition) is 2. The summed E-state index contributed by atoms with van der Waals surface area (Å²) in [5.41, 5.74) is 6.61. The number of rotatable bonds is 15. The number of aryl methyl sites for hydroxylation is 1. The molecule has 0 spiro atoms. The SMILES string of the molecule is CCCCSCC1CCC(Oc2cc(C)c(/N=C\C(C)CC)c(NC(/C=C(/C)NCC)=C(C)C)c2)CC1. The number of benzene rings is 1. The number of thioether (sulfide) groups is 1. The van der Waals surface area contributed by atoms with Gasteiger partial charge in [-0.2, -0.15) is 11.8 Å². The van der Waals surface area contributed by atoms with Gasteiger partial charge in [-0.1, -0.05) is 32.8 Å². The summed E-state index contributed by atoms with van der Waals surface area (Å²) in [5, 5.41) is 7.11. The number of nitrogens with one attached hydrogen (secondary N) is 2. The van der Waals surface area contributed by atoms with Crippen LogP contribution in [0.1, 0.15) is 99.0 Å². The minimum Gasteiger partial charge on any atom is -0.490 e. The largest absolute Gasteiger partial charge is 0.490 e. The molecular formula is C32H53N3OS. The third-order valence-electron chi connectivity index (χ3n) is 7.09. The second-order valence-electron chi connectivity index (χ2n) is 10.9. The van der Waals surface area contributed by atoms with Crippen LogP contribution in [0.2, 0.25) is 0 Å². The Morgan fingerprint density at radius 1 is 1.14 bits per heavy atom. The van der Waals surface area contributed by atoms with Gasteiger partial charge in [0.25, 0.3) is 0 Å². The third-order valence-corrected chi connectivity index (χ3v) is 8.38. The van der Waals surface area contributed by atoms with E-state index < -0.39 is 0 Å². The van der Waals surface area contributed by atoms with E-state index in [1.807, 2.05) is 0 Å². The van der Waals surface area contributed by atoms with E-state index >= 15 is 0 Å². The number of unbranched alkanes of at least 4 members (excludes halogenated alkanes) is 1. The molecule has 1 saturated carbocycles. The average Bonchev–Trinajstić information content (AvgIpc) is 2.86. The van der Waals surface area contributed by atoms with Gasteiger partial charge in [0, 0.05) is 30.2 Å². The summed E-state index contributed by atoms with van der Waals surface area (Å²) in [6.07, 6.45) is 13.1. The van der Waals surface area contributed by atoms with Crippen LogP contribution in [0, 0.1) is 18.8 Å². The molecule has 1 unspecified atom stereocenters. The molecule has 208 valence electrons. The Bertz CT molecular complexity index is 909. The van der Waals surface area contributed by atoms with Gasteiger partial charge in [0.15, 0.2) is 0 Å². The Hall–Kier alpha value is -1.88. The van der Waals surface area contributed by atoms with Crippen molar-refractivity contribution in [2.24, 2.45) is 16.8 Å². The first-order valence-electron chi connectivity index (χ1n) is 14.6. The molecular weight excluding hydrogens is 474 g/mol. The first-order chi connectivity index (χ1) is 17.8. The molecule has 1 aliphatic carbocycles. The lowest BCUT2D eigenvalue weighted by Crippen LogP contribution is -2.25. The quantitative estimate of drug-likeness (QED) is 0.135. The van der Waals surface area contributed by atoms with Gasteiger partial charge in [-0.3, -0.25) is 4.99 Å². The number of hydrogen-bond acceptors (Lipinski definition) is 5. The zero-order valence-corrected chi connectivity index (χ0v) is 25.7. The maximum absolute atomic E-state index is 6.59. The van der Waals surface area contributed by atoms with Gasteiger partial charge >= 0.3 is 0 Å². The minimum atomic E-state index is 0.303. The molecule has 0 aromatic heterocycles. The van der Waals surface area contributed by atoms with E-state index in [0.717, 1.165) is 65.8 Å². The number of allylic oxidation sites excluding steroid dienone is 3. The summed E-state index contributed by atoms with van der Waals surface area (Å²) in [6.45, 7) is 18.3. The van der Waals surface area contributed by atoms with E-state index in [-0.39, 0.29) is 0 Å². The van der Waals surface area contributed by atoms with E-state index in [2.05, 4.69) is 102 Å². The van der Waals surface area contributed by atoms with Crippen LogP contribution in [0.5, 0.6) is 5.75 Å². The van der Waals surface area contributed by atoms with Gasteiger partial charge in [-0.05, 0) is 114 Å². The maximum Gasteiger partial charge on any atom is 0.122 e. The van der Waals surface area contributed by atoms with Crippen molar-refractivity contribution in [3.63, 3.8) is 0 Å². The molecule has 2 N–H and O–H groups in total. The standard InChI is InChI=1S/C32H53N3OS/c1-9-12-17-37-22-27-13-15-28(16-14-27)36-29-18-25(7)32(34-21-24(6)10-2)31(20-29)35-30(23(4)5)19-26(8)33-11-3/h18-21,24,27-28,33,35H,9-17,22H2,1-8H3/b26-19-,34-21-. The lowest BCUT2D eigenvalue weighted by molar-refractivity contribution is 0.136. The lowest BCUT2D eigenvalue weighted by Gasteiger charge is -2.29. The summed E-state index contributed by atoms with van der Waals surface area (Å²) in [5.74, 6) is 4.87. The van der Waals surface area contributed by atoms with Crippen LogP contribution in [0.15, 0.2) is 40.2 Å². The van der Waals surface area contributed by atoms with Crippen LogP contribution in [-0.4, -0.2) is 30.4 Å². The van der Waals surface area contributed by atoms with Crippen LogP contribution in [0.25, 0.3) is 0 Å². The molecule has 1 aromatic rings. The van der Waals surface area contributed by atoms with Crippen molar-refractivity contribution < 1.29 is 4.74 Å². The van der Waals surface area contributed by atoms with E-state index in [1.165, 1.54) is 42.8 Å². The molecule has 1 aliphatic rings. The lowest BCUT2D eigenvalue weighted by atomic mass is 9.88. The van der Waals surface area contributed by atoms with Gasteiger partial charge in [0.1, 0.15) is 5.75 Å². The molecule has 1 atom stereocenters. The van der Waals surface area contributed by atoms with Gasteiger partial charge in [-0.15, -0.1) is 0 Å². The molecule has 0 heterocycles. The van der Waals surface area contributed by atoms with Crippen molar-refractivity contribution in [3.8, 4) is 5.75 Å². The van der Waals surface area contributed by atoms with Crippen molar-refractivity contribution >= 4 is 29.4 Å². The fourth-order valence-corrected chi connectivity index (χ4v) is 5.82. The highest BCUT2D eigenvalue weighted by molar-refractivity contribution is 7.99. The summed E-state index contributed by atoms with van der Waals surface area (Å²) in [6, 6.07) is 4.32. The predicted octanol–water partition coefficient (Wildman–Crippen LogP) is 9.43. The number of aliphatic imine (C=N–C) groups is 1. The fraction of sp³-hybridized carbons (Fsp3) is 0.656. The van der Waals surface area contributed by atoms with Crippen molar-refractivity contribution in [3.05, 3.63) is 40.7 Å². The summed E-state index contributed by atoms with van der Waals surface area (Å²) in [7, 11) is 0. The Labute approximate surface area is 232 Å². The third kappa shape index (κ3) is 11.2. The van der Waals surface area contributed by atoms with E-state index in [1.54, 1.807) is 0 Å². The highest BCUT2D eigenvalue weighted by Crippen LogP contribution is 2.37.